The average molecular weight is 254 g/mol. The zero-order valence-electron chi connectivity index (χ0n) is 10.4. The number of rotatable bonds is 5. The van der Waals surface area contributed by atoms with E-state index >= 15 is 0 Å². The second-order valence-corrected chi connectivity index (χ2v) is 4.68. The van der Waals surface area contributed by atoms with Crippen LogP contribution >= 0.6 is 12.2 Å². The van der Waals surface area contributed by atoms with E-state index in [1.165, 1.54) is 0 Å². The SMILES string of the molecule is CCC(C)(C(=O)NCc1ccc(C)o1)C(N)=S. The van der Waals surface area contributed by atoms with E-state index in [0.717, 1.165) is 11.5 Å². The molecule has 0 radical (unpaired) electrons. The zero-order chi connectivity index (χ0) is 13.1. The first-order chi connectivity index (χ1) is 7.90. The molecular formula is C12H18N2O2S. The lowest BCUT2D eigenvalue weighted by Crippen LogP contribution is -2.46. The van der Waals surface area contributed by atoms with Crippen LogP contribution in [0.4, 0.5) is 0 Å². The van der Waals surface area contributed by atoms with Crippen molar-refractivity contribution in [2.75, 3.05) is 0 Å². The smallest absolute Gasteiger partial charge is 0.233 e. The highest BCUT2D eigenvalue weighted by molar-refractivity contribution is 7.80. The number of carbonyl (C=O) groups is 1. The molecule has 1 unspecified atom stereocenters. The minimum atomic E-state index is -0.795. The summed E-state index contributed by atoms with van der Waals surface area (Å²) in [6.07, 6.45) is 0.575. The van der Waals surface area contributed by atoms with Crippen LogP contribution in [-0.2, 0) is 11.3 Å². The predicted molar refractivity (Wildman–Crippen MR) is 70.5 cm³/mol. The summed E-state index contributed by atoms with van der Waals surface area (Å²) in [4.78, 5) is 12.2. The van der Waals surface area contributed by atoms with Crippen LogP contribution in [0.25, 0.3) is 0 Å². The highest BCUT2D eigenvalue weighted by Gasteiger charge is 2.34. The number of furan rings is 1. The van der Waals surface area contributed by atoms with Gasteiger partial charge in [-0.25, -0.2) is 0 Å². The van der Waals surface area contributed by atoms with Crippen LogP contribution in [0.3, 0.4) is 0 Å². The molecule has 0 spiro atoms. The minimum Gasteiger partial charge on any atom is -0.465 e. The Kier molecular flexibility index (Phi) is 4.28. The van der Waals surface area contributed by atoms with Crippen molar-refractivity contribution in [3.63, 3.8) is 0 Å². The first-order valence-corrected chi connectivity index (χ1v) is 5.94. The predicted octanol–water partition coefficient (Wildman–Crippen LogP) is 1.91. The van der Waals surface area contributed by atoms with Gasteiger partial charge in [0.05, 0.1) is 16.9 Å². The van der Waals surface area contributed by atoms with Gasteiger partial charge < -0.3 is 15.5 Å². The topological polar surface area (TPSA) is 68.3 Å². The molecule has 4 nitrogen and oxygen atoms in total. The molecule has 1 rings (SSSR count). The first-order valence-electron chi connectivity index (χ1n) is 5.53. The van der Waals surface area contributed by atoms with Crippen LogP contribution < -0.4 is 11.1 Å². The molecule has 0 aliphatic carbocycles. The normalized spacial score (nSPS) is 14.1. The quantitative estimate of drug-likeness (QED) is 0.788. The summed E-state index contributed by atoms with van der Waals surface area (Å²) in [6, 6.07) is 3.69. The first kappa shape index (κ1) is 13.7. The third-order valence-electron chi connectivity index (χ3n) is 2.97. The maximum Gasteiger partial charge on any atom is 0.233 e. The molecule has 1 amide bonds. The van der Waals surface area contributed by atoms with Gasteiger partial charge in [-0.15, -0.1) is 0 Å². The molecule has 0 aromatic carbocycles. The molecule has 0 saturated heterocycles. The highest BCUT2D eigenvalue weighted by Crippen LogP contribution is 2.21. The summed E-state index contributed by atoms with van der Waals surface area (Å²) in [5.41, 5.74) is 4.81. The zero-order valence-corrected chi connectivity index (χ0v) is 11.2. The van der Waals surface area contributed by atoms with Gasteiger partial charge in [0.1, 0.15) is 11.5 Å². The molecule has 3 N–H and O–H groups in total. The third kappa shape index (κ3) is 3.06. The summed E-state index contributed by atoms with van der Waals surface area (Å²) < 4.78 is 5.36. The van der Waals surface area contributed by atoms with Crippen LogP contribution in [0.15, 0.2) is 16.5 Å². The fourth-order valence-corrected chi connectivity index (χ4v) is 1.63. The lowest BCUT2D eigenvalue weighted by Gasteiger charge is -2.25. The largest absolute Gasteiger partial charge is 0.465 e. The molecule has 1 atom stereocenters. The van der Waals surface area contributed by atoms with Crippen LogP contribution in [-0.4, -0.2) is 10.9 Å². The van der Waals surface area contributed by atoms with E-state index < -0.39 is 5.41 Å². The molecule has 0 saturated carbocycles. The number of hydrogen-bond acceptors (Lipinski definition) is 3. The number of nitrogens with two attached hydrogens (primary N) is 1. The summed E-state index contributed by atoms with van der Waals surface area (Å²) >= 11 is 4.93. The van der Waals surface area contributed by atoms with Crippen molar-refractivity contribution in [1.29, 1.82) is 0 Å². The van der Waals surface area contributed by atoms with E-state index in [4.69, 9.17) is 22.4 Å². The Hall–Kier alpha value is -1.36. The summed E-state index contributed by atoms with van der Waals surface area (Å²) in [5.74, 6) is 1.38. The van der Waals surface area contributed by atoms with Gasteiger partial charge in [0, 0.05) is 0 Å². The van der Waals surface area contributed by atoms with Crippen LogP contribution in [0.1, 0.15) is 31.8 Å². The number of amides is 1. The number of aryl methyl sites for hydroxylation is 1. The third-order valence-corrected chi connectivity index (χ3v) is 3.42. The molecule has 0 bridgehead atoms. The Morgan fingerprint density at radius 1 is 1.59 bits per heavy atom. The van der Waals surface area contributed by atoms with E-state index in [9.17, 15) is 4.79 Å². The van der Waals surface area contributed by atoms with E-state index in [0.29, 0.717) is 13.0 Å². The van der Waals surface area contributed by atoms with Gasteiger partial charge in [-0.2, -0.15) is 0 Å². The molecule has 17 heavy (non-hydrogen) atoms. The lowest BCUT2D eigenvalue weighted by molar-refractivity contribution is -0.127. The molecule has 1 aromatic rings. The number of hydrogen-bond donors (Lipinski definition) is 2. The lowest BCUT2D eigenvalue weighted by atomic mass is 9.86. The summed E-state index contributed by atoms with van der Waals surface area (Å²) in [7, 11) is 0. The van der Waals surface area contributed by atoms with E-state index in [-0.39, 0.29) is 10.9 Å². The van der Waals surface area contributed by atoms with Crippen LogP contribution in [0.5, 0.6) is 0 Å². The molecule has 0 aliphatic rings. The molecule has 0 fully saturated rings. The van der Waals surface area contributed by atoms with Crippen molar-refractivity contribution in [2.45, 2.75) is 33.7 Å². The summed E-state index contributed by atoms with van der Waals surface area (Å²) in [5, 5.41) is 2.78. The van der Waals surface area contributed by atoms with Gasteiger partial charge in [0.15, 0.2) is 0 Å². The van der Waals surface area contributed by atoms with Crippen molar-refractivity contribution in [3.8, 4) is 0 Å². The van der Waals surface area contributed by atoms with Gasteiger partial charge in [-0.3, -0.25) is 4.79 Å². The van der Waals surface area contributed by atoms with Crippen molar-refractivity contribution < 1.29 is 9.21 Å². The summed E-state index contributed by atoms with van der Waals surface area (Å²) in [6.45, 7) is 5.84. The van der Waals surface area contributed by atoms with Crippen molar-refractivity contribution in [3.05, 3.63) is 23.7 Å². The molecule has 0 aliphatic heterocycles. The Balaban J connectivity index is 2.63. The number of thiocarbonyl (C=S) groups is 1. The van der Waals surface area contributed by atoms with E-state index in [1.54, 1.807) is 6.92 Å². The van der Waals surface area contributed by atoms with Crippen LogP contribution in [0, 0.1) is 12.3 Å². The second-order valence-electron chi connectivity index (χ2n) is 4.24. The molecule has 1 aromatic heterocycles. The minimum absolute atomic E-state index is 0.165. The van der Waals surface area contributed by atoms with Crippen molar-refractivity contribution >= 4 is 23.1 Å². The molecule has 1 heterocycles. The second kappa shape index (κ2) is 5.31. The maximum absolute atomic E-state index is 12.0. The number of nitrogens with one attached hydrogen (secondary N) is 1. The fraction of sp³-hybridized carbons (Fsp3) is 0.500. The average Bonchev–Trinajstić information content (AvgIpc) is 2.70. The Labute approximate surface area is 107 Å². The van der Waals surface area contributed by atoms with Gasteiger partial charge in [0.25, 0.3) is 0 Å². The number of carbonyl (C=O) groups excluding carboxylic acids is 1. The molecular weight excluding hydrogens is 236 g/mol. The maximum atomic E-state index is 12.0. The monoisotopic (exact) mass is 254 g/mol. The van der Waals surface area contributed by atoms with E-state index in [2.05, 4.69) is 5.32 Å². The van der Waals surface area contributed by atoms with Crippen molar-refractivity contribution in [1.82, 2.24) is 5.32 Å². The fourth-order valence-electron chi connectivity index (χ4n) is 1.39. The standard InChI is InChI=1S/C12H18N2O2S/c1-4-12(3,10(13)17)11(15)14-7-9-6-5-8(2)16-9/h5-6H,4,7H2,1-3H3,(H2,13,17)(H,14,15). The van der Waals surface area contributed by atoms with Gasteiger partial charge in [-0.05, 0) is 32.4 Å². The molecule has 94 valence electrons. The van der Waals surface area contributed by atoms with E-state index in [1.807, 2.05) is 26.0 Å². The molecule has 5 heteroatoms. The van der Waals surface area contributed by atoms with Gasteiger partial charge in [-0.1, -0.05) is 19.1 Å². The Morgan fingerprint density at radius 2 is 2.24 bits per heavy atom. The highest BCUT2D eigenvalue weighted by atomic mass is 32.1. The van der Waals surface area contributed by atoms with Crippen molar-refractivity contribution in [2.24, 2.45) is 11.1 Å². The van der Waals surface area contributed by atoms with Crippen LogP contribution in [0.2, 0.25) is 0 Å². The van der Waals surface area contributed by atoms with Gasteiger partial charge >= 0.3 is 0 Å². The van der Waals surface area contributed by atoms with Gasteiger partial charge in [0.2, 0.25) is 5.91 Å². The Morgan fingerprint density at radius 3 is 2.65 bits per heavy atom. The Bertz CT molecular complexity index is 428.